The van der Waals surface area contributed by atoms with E-state index in [1.807, 2.05) is 0 Å². The molecule has 0 rings (SSSR count). The molecule has 0 aliphatic heterocycles. The standard InChI is InChI=1S/C8H15Cl3O3/c9-5-3-1-2-4-6(10)7(11)8(12,13)14/h6-7,12-14H,1-5H2. The van der Waals surface area contributed by atoms with Crippen molar-refractivity contribution in [2.45, 2.75) is 42.4 Å². The molecule has 6 heteroatoms. The summed E-state index contributed by atoms with van der Waals surface area (Å²) in [5.41, 5.74) is 0. The maximum atomic E-state index is 8.73. The monoisotopic (exact) mass is 264 g/mol. The van der Waals surface area contributed by atoms with Gasteiger partial charge < -0.3 is 15.3 Å². The second-order valence-corrected chi connectivity index (χ2v) is 4.55. The Bertz CT molecular complexity index is 149. The van der Waals surface area contributed by atoms with Gasteiger partial charge in [0.05, 0.1) is 5.38 Å². The van der Waals surface area contributed by atoms with Crippen molar-refractivity contribution in [3.63, 3.8) is 0 Å². The van der Waals surface area contributed by atoms with E-state index in [1.165, 1.54) is 0 Å². The van der Waals surface area contributed by atoms with E-state index in [9.17, 15) is 0 Å². The highest BCUT2D eigenvalue weighted by Gasteiger charge is 2.35. The van der Waals surface area contributed by atoms with Gasteiger partial charge in [0.2, 0.25) is 0 Å². The molecule has 14 heavy (non-hydrogen) atoms. The van der Waals surface area contributed by atoms with E-state index in [-0.39, 0.29) is 0 Å². The van der Waals surface area contributed by atoms with Gasteiger partial charge in [-0.15, -0.1) is 34.8 Å². The third-order valence-corrected chi connectivity index (χ3v) is 3.26. The normalized spacial score (nSPS) is 16.7. The predicted molar refractivity (Wildman–Crippen MR) is 57.9 cm³/mol. The van der Waals surface area contributed by atoms with Crippen LogP contribution < -0.4 is 0 Å². The Balaban J connectivity index is 3.68. The van der Waals surface area contributed by atoms with Gasteiger partial charge in [0.1, 0.15) is 5.38 Å². The topological polar surface area (TPSA) is 60.7 Å². The van der Waals surface area contributed by atoms with E-state index in [0.29, 0.717) is 12.3 Å². The fourth-order valence-electron chi connectivity index (χ4n) is 1.000. The molecule has 0 fully saturated rings. The molecule has 0 aromatic rings. The van der Waals surface area contributed by atoms with Gasteiger partial charge in [-0.3, -0.25) is 0 Å². The lowest BCUT2D eigenvalue weighted by molar-refractivity contribution is -0.311. The molecule has 0 amide bonds. The fraction of sp³-hybridized carbons (Fsp3) is 1.00. The van der Waals surface area contributed by atoms with Gasteiger partial charge in [0.25, 0.3) is 5.97 Å². The van der Waals surface area contributed by atoms with Crippen LogP contribution in [0.1, 0.15) is 25.7 Å². The van der Waals surface area contributed by atoms with Crippen LogP contribution in [-0.4, -0.2) is 37.9 Å². The third-order valence-electron chi connectivity index (χ3n) is 1.80. The Morgan fingerprint density at radius 2 is 1.57 bits per heavy atom. The van der Waals surface area contributed by atoms with Crippen LogP contribution >= 0.6 is 34.8 Å². The van der Waals surface area contributed by atoms with Gasteiger partial charge in [0, 0.05) is 5.88 Å². The van der Waals surface area contributed by atoms with Gasteiger partial charge in [-0.05, 0) is 12.8 Å². The van der Waals surface area contributed by atoms with E-state index in [4.69, 9.17) is 50.1 Å². The minimum atomic E-state index is -2.92. The summed E-state index contributed by atoms with van der Waals surface area (Å²) in [5, 5.41) is 24.2. The largest absolute Gasteiger partial charge is 0.342 e. The molecule has 3 N–H and O–H groups in total. The number of aliphatic hydroxyl groups is 3. The van der Waals surface area contributed by atoms with Crippen molar-refractivity contribution >= 4 is 34.8 Å². The summed E-state index contributed by atoms with van der Waals surface area (Å²) < 4.78 is 0. The van der Waals surface area contributed by atoms with Crippen molar-refractivity contribution in [2.75, 3.05) is 5.88 Å². The van der Waals surface area contributed by atoms with Gasteiger partial charge in [0.15, 0.2) is 0 Å². The SMILES string of the molecule is OC(O)(O)C(Cl)C(Cl)CCCCCCl. The highest BCUT2D eigenvalue weighted by Crippen LogP contribution is 2.23. The molecule has 2 unspecified atom stereocenters. The zero-order valence-electron chi connectivity index (χ0n) is 7.67. The summed E-state index contributed by atoms with van der Waals surface area (Å²) in [6.07, 6.45) is 3.10. The Kier molecular flexibility index (Phi) is 7.47. The average Bonchev–Trinajstić information content (AvgIpc) is 2.09. The van der Waals surface area contributed by atoms with Crippen LogP contribution in [-0.2, 0) is 0 Å². The molecule has 0 bridgehead atoms. The first-order chi connectivity index (χ1) is 6.39. The maximum Gasteiger partial charge on any atom is 0.294 e. The van der Waals surface area contributed by atoms with Gasteiger partial charge in [-0.2, -0.15) is 0 Å². The number of rotatable bonds is 7. The van der Waals surface area contributed by atoms with Crippen molar-refractivity contribution in [3.05, 3.63) is 0 Å². The molecular weight excluding hydrogens is 250 g/mol. The van der Waals surface area contributed by atoms with Crippen LogP contribution in [0, 0.1) is 0 Å². The zero-order chi connectivity index (χ0) is 11.2. The molecule has 3 nitrogen and oxygen atoms in total. The van der Waals surface area contributed by atoms with Crippen molar-refractivity contribution in [1.29, 1.82) is 0 Å². The van der Waals surface area contributed by atoms with E-state index in [2.05, 4.69) is 0 Å². The second kappa shape index (κ2) is 7.09. The van der Waals surface area contributed by atoms with Crippen LogP contribution in [0.25, 0.3) is 0 Å². The first-order valence-electron chi connectivity index (χ1n) is 4.40. The lowest BCUT2D eigenvalue weighted by Crippen LogP contribution is -2.43. The van der Waals surface area contributed by atoms with Crippen LogP contribution in [0.5, 0.6) is 0 Å². The molecule has 0 radical (unpaired) electrons. The molecule has 0 aliphatic rings. The van der Waals surface area contributed by atoms with Crippen LogP contribution in [0.2, 0.25) is 0 Å². The highest BCUT2D eigenvalue weighted by molar-refractivity contribution is 6.30. The molecule has 0 saturated carbocycles. The summed E-state index contributed by atoms with van der Waals surface area (Å²) in [6.45, 7) is 0. The molecule has 2 atom stereocenters. The lowest BCUT2D eigenvalue weighted by Gasteiger charge is -2.24. The third kappa shape index (κ3) is 6.27. The number of hydrogen-bond acceptors (Lipinski definition) is 3. The fourth-order valence-corrected chi connectivity index (χ4v) is 1.64. The number of halogens is 3. The van der Waals surface area contributed by atoms with Crippen molar-refractivity contribution in [2.24, 2.45) is 0 Å². The first-order valence-corrected chi connectivity index (χ1v) is 5.81. The summed E-state index contributed by atoms with van der Waals surface area (Å²) in [5.74, 6) is -2.32. The first kappa shape index (κ1) is 14.8. The van der Waals surface area contributed by atoms with Crippen LogP contribution in [0.4, 0.5) is 0 Å². The quantitative estimate of drug-likeness (QED) is 0.372. The summed E-state index contributed by atoms with van der Waals surface area (Å²) >= 11 is 16.7. The molecule has 0 aliphatic carbocycles. The number of hydrogen-bond donors (Lipinski definition) is 3. The molecule has 0 saturated heterocycles. The molecule has 0 spiro atoms. The zero-order valence-corrected chi connectivity index (χ0v) is 9.93. The minimum Gasteiger partial charge on any atom is -0.342 e. The Hall–Kier alpha value is 0.750. The second-order valence-electron chi connectivity index (χ2n) is 3.14. The summed E-state index contributed by atoms with van der Waals surface area (Å²) in [6, 6.07) is 0. The molecular formula is C8H15Cl3O3. The molecule has 0 heterocycles. The predicted octanol–water partition coefficient (Wildman–Crippen LogP) is 1.63. The average molecular weight is 266 g/mol. The van der Waals surface area contributed by atoms with Crippen LogP contribution in [0.15, 0.2) is 0 Å². The smallest absolute Gasteiger partial charge is 0.294 e. The Morgan fingerprint density at radius 3 is 2.00 bits per heavy atom. The van der Waals surface area contributed by atoms with E-state index >= 15 is 0 Å². The molecule has 0 aromatic heterocycles. The van der Waals surface area contributed by atoms with Gasteiger partial charge in [-0.1, -0.05) is 12.8 Å². The Labute approximate surface area is 98.6 Å². The van der Waals surface area contributed by atoms with Gasteiger partial charge >= 0.3 is 0 Å². The summed E-state index contributed by atoms with van der Waals surface area (Å²) in [7, 11) is 0. The van der Waals surface area contributed by atoms with E-state index in [0.717, 1.165) is 19.3 Å². The van der Waals surface area contributed by atoms with E-state index < -0.39 is 16.7 Å². The lowest BCUT2D eigenvalue weighted by atomic mass is 10.1. The van der Waals surface area contributed by atoms with Crippen LogP contribution in [0.3, 0.4) is 0 Å². The molecule has 86 valence electrons. The number of unbranched alkanes of at least 4 members (excludes halogenated alkanes) is 2. The van der Waals surface area contributed by atoms with Crippen molar-refractivity contribution < 1.29 is 15.3 Å². The number of alkyl halides is 3. The van der Waals surface area contributed by atoms with E-state index in [1.54, 1.807) is 0 Å². The van der Waals surface area contributed by atoms with Crippen molar-refractivity contribution in [1.82, 2.24) is 0 Å². The Morgan fingerprint density at radius 1 is 1.00 bits per heavy atom. The maximum absolute atomic E-state index is 8.73. The van der Waals surface area contributed by atoms with Gasteiger partial charge in [-0.25, -0.2) is 0 Å². The summed E-state index contributed by atoms with van der Waals surface area (Å²) in [4.78, 5) is 0. The molecule has 0 aromatic carbocycles. The minimum absolute atomic E-state index is 0.510. The highest BCUT2D eigenvalue weighted by atomic mass is 35.5. The van der Waals surface area contributed by atoms with Crippen molar-refractivity contribution in [3.8, 4) is 0 Å².